The van der Waals surface area contributed by atoms with E-state index in [9.17, 15) is 4.79 Å². The Balaban J connectivity index is 1.55. The first-order valence-electron chi connectivity index (χ1n) is 8.66. The number of nitrogens with one attached hydrogen (secondary N) is 1. The van der Waals surface area contributed by atoms with E-state index in [0.717, 1.165) is 37.6 Å². The molecule has 1 heterocycles. The van der Waals surface area contributed by atoms with Gasteiger partial charge in [-0.05, 0) is 31.2 Å². The van der Waals surface area contributed by atoms with E-state index in [1.807, 2.05) is 49.4 Å². The molecule has 1 unspecified atom stereocenters. The van der Waals surface area contributed by atoms with Gasteiger partial charge in [0.2, 0.25) is 5.91 Å². The minimum absolute atomic E-state index is 0.0426. The van der Waals surface area contributed by atoms with Crippen LogP contribution < -0.4 is 15.0 Å². The van der Waals surface area contributed by atoms with Gasteiger partial charge in [-0.25, -0.2) is 0 Å². The Labute approximate surface area is 149 Å². The van der Waals surface area contributed by atoms with Gasteiger partial charge in [-0.2, -0.15) is 0 Å². The number of hydrogen-bond donors (Lipinski definition) is 1. The van der Waals surface area contributed by atoms with Crippen LogP contribution in [0, 0.1) is 0 Å². The molecule has 0 spiro atoms. The van der Waals surface area contributed by atoms with Crippen LogP contribution in [0.1, 0.15) is 6.92 Å². The molecule has 1 aliphatic heterocycles. The van der Waals surface area contributed by atoms with Crippen molar-refractivity contribution in [3.63, 3.8) is 0 Å². The predicted octanol–water partition coefficient (Wildman–Crippen LogP) is 2.84. The lowest BCUT2D eigenvalue weighted by molar-refractivity contribution is -0.120. The van der Waals surface area contributed by atoms with Gasteiger partial charge in [0.15, 0.2) is 0 Å². The van der Waals surface area contributed by atoms with Gasteiger partial charge in [-0.1, -0.05) is 24.3 Å². The molecule has 5 heteroatoms. The van der Waals surface area contributed by atoms with E-state index in [2.05, 4.69) is 27.2 Å². The molecule has 0 aromatic heterocycles. The van der Waals surface area contributed by atoms with Crippen molar-refractivity contribution >= 4 is 17.3 Å². The molecule has 1 N–H and O–H groups in total. The zero-order chi connectivity index (χ0) is 17.6. The van der Waals surface area contributed by atoms with Gasteiger partial charge in [0.05, 0.1) is 13.2 Å². The highest BCUT2D eigenvalue weighted by atomic mass is 16.5. The highest BCUT2D eigenvalue weighted by Crippen LogP contribution is 2.22. The van der Waals surface area contributed by atoms with E-state index in [4.69, 9.17) is 4.74 Å². The number of carbonyl (C=O) groups excluding carboxylic acids is 1. The molecule has 25 heavy (non-hydrogen) atoms. The summed E-state index contributed by atoms with van der Waals surface area (Å²) in [6, 6.07) is 17.6. The molecule has 132 valence electrons. The molecule has 1 amide bonds. The largest absolute Gasteiger partial charge is 0.497 e. The molecular weight excluding hydrogens is 314 g/mol. The first kappa shape index (κ1) is 17.3. The van der Waals surface area contributed by atoms with Gasteiger partial charge < -0.3 is 15.0 Å². The van der Waals surface area contributed by atoms with Crippen molar-refractivity contribution in [1.29, 1.82) is 0 Å². The van der Waals surface area contributed by atoms with Crippen molar-refractivity contribution in [2.75, 3.05) is 43.5 Å². The van der Waals surface area contributed by atoms with E-state index < -0.39 is 0 Å². The lowest BCUT2D eigenvalue weighted by Gasteiger charge is -2.38. The first-order chi connectivity index (χ1) is 12.2. The lowest BCUT2D eigenvalue weighted by atomic mass is 10.2. The number of hydrogen-bond acceptors (Lipinski definition) is 4. The zero-order valence-electron chi connectivity index (χ0n) is 14.8. The molecule has 2 aromatic carbocycles. The van der Waals surface area contributed by atoms with E-state index in [1.165, 1.54) is 5.69 Å². The number of rotatable bonds is 5. The average molecular weight is 339 g/mol. The number of benzene rings is 2. The Morgan fingerprint density at radius 3 is 2.44 bits per heavy atom. The number of anilines is 2. The average Bonchev–Trinajstić information content (AvgIpc) is 2.68. The standard InChI is InChI=1S/C20H25N3O2/c1-16(20(24)21-17-7-4-3-5-8-17)22-11-13-23(14-12-22)18-9-6-10-19(15-18)25-2/h3-10,15-16H,11-14H2,1-2H3,(H,21,24). The van der Waals surface area contributed by atoms with Gasteiger partial charge in [-0.15, -0.1) is 0 Å². The fourth-order valence-corrected chi connectivity index (χ4v) is 3.11. The number of carbonyl (C=O) groups is 1. The molecule has 0 saturated carbocycles. The van der Waals surface area contributed by atoms with Crippen molar-refractivity contribution in [3.05, 3.63) is 54.6 Å². The fraction of sp³-hybridized carbons (Fsp3) is 0.350. The summed E-state index contributed by atoms with van der Waals surface area (Å²) in [4.78, 5) is 17.0. The van der Waals surface area contributed by atoms with Crippen LogP contribution in [0.25, 0.3) is 0 Å². The van der Waals surface area contributed by atoms with Crippen molar-refractivity contribution in [1.82, 2.24) is 4.90 Å². The second-order valence-corrected chi connectivity index (χ2v) is 6.26. The van der Waals surface area contributed by atoms with E-state index in [0.29, 0.717) is 0 Å². The van der Waals surface area contributed by atoms with Gasteiger partial charge in [0.1, 0.15) is 5.75 Å². The quantitative estimate of drug-likeness (QED) is 0.910. The van der Waals surface area contributed by atoms with Gasteiger partial charge >= 0.3 is 0 Å². The number of piperazine rings is 1. The second-order valence-electron chi connectivity index (χ2n) is 6.26. The number of ether oxygens (including phenoxy) is 1. The molecule has 5 nitrogen and oxygen atoms in total. The van der Waals surface area contributed by atoms with Crippen LogP contribution in [0.5, 0.6) is 5.75 Å². The lowest BCUT2D eigenvalue weighted by Crippen LogP contribution is -2.52. The normalized spacial score (nSPS) is 16.3. The summed E-state index contributed by atoms with van der Waals surface area (Å²) in [6.07, 6.45) is 0. The molecule has 0 radical (unpaired) electrons. The van der Waals surface area contributed by atoms with Crippen molar-refractivity contribution in [2.45, 2.75) is 13.0 Å². The molecular formula is C20H25N3O2. The third-order valence-electron chi connectivity index (χ3n) is 4.70. The number of amides is 1. The minimum atomic E-state index is -0.146. The molecule has 1 saturated heterocycles. The van der Waals surface area contributed by atoms with Crippen LogP contribution in [0.4, 0.5) is 11.4 Å². The Morgan fingerprint density at radius 1 is 1.04 bits per heavy atom. The van der Waals surface area contributed by atoms with Crippen LogP contribution in [0.15, 0.2) is 54.6 Å². The number of methoxy groups -OCH3 is 1. The van der Waals surface area contributed by atoms with Crippen LogP contribution in [0.3, 0.4) is 0 Å². The monoisotopic (exact) mass is 339 g/mol. The van der Waals surface area contributed by atoms with Crippen LogP contribution in [0.2, 0.25) is 0 Å². The fourth-order valence-electron chi connectivity index (χ4n) is 3.11. The molecule has 0 aliphatic carbocycles. The summed E-state index contributed by atoms with van der Waals surface area (Å²) in [5.74, 6) is 0.913. The smallest absolute Gasteiger partial charge is 0.241 e. The molecule has 2 aromatic rings. The maximum Gasteiger partial charge on any atom is 0.241 e. The topological polar surface area (TPSA) is 44.8 Å². The summed E-state index contributed by atoms with van der Waals surface area (Å²) in [5.41, 5.74) is 2.01. The SMILES string of the molecule is COc1cccc(N2CCN(C(C)C(=O)Nc3ccccc3)CC2)c1. The van der Waals surface area contributed by atoms with E-state index >= 15 is 0 Å². The first-order valence-corrected chi connectivity index (χ1v) is 8.66. The Bertz CT molecular complexity index is 697. The number of para-hydroxylation sites is 1. The Hall–Kier alpha value is -2.53. The highest BCUT2D eigenvalue weighted by Gasteiger charge is 2.25. The Morgan fingerprint density at radius 2 is 1.76 bits per heavy atom. The summed E-state index contributed by atoms with van der Waals surface area (Å²) >= 11 is 0. The third-order valence-corrected chi connectivity index (χ3v) is 4.70. The Kier molecular flexibility index (Phi) is 5.56. The van der Waals surface area contributed by atoms with Crippen molar-refractivity contribution in [3.8, 4) is 5.75 Å². The zero-order valence-corrected chi connectivity index (χ0v) is 14.8. The van der Waals surface area contributed by atoms with E-state index in [1.54, 1.807) is 7.11 Å². The summed E-state index contributed by atoms with van der Waals surface area (Å²) in [5, 5.41) is 2.99. The molecule has 3 rings (SSSR count). The van der Waals surface area contributed by atoms with Crippen molar-refractivity contribution < 1.29 is 9.53 Å². The molecule has 1 aliphatic rings. The van der Waals surface area contributed by atoms with Crippen LogP contribution >= 0.6 is 0 Å². The summed E-state index contributed by atoms with van der Waals surface area (Å²) in [7, 11) is 1.68. The summed E-state index contributed by atoms with van der Waals surface area (Å²) in [6.45, 7) is 5.49. The maximum absolute atomic E-state index is 12.5. The maximum atomic E-state index is 12.5. The molecule has 0 bridgehead atoms. The number of nitrogens with zero attached hydrogens (tertiary/aromatic N) is 2. The highest BCUT2D eigenvalue weighted by molar-refractivity contribution is 5.94. The second kappa shape index (κ2) is 8.03. The van der Waals surface area contributed by atoms with Crippen LogP contribution in [-0.4, -0.2) is 50.1 Å². The minimum Gasteiger partial charge on any atom is -0.497 e. The predicted molar refractivity (Wildman–Crippen MR) is 101 cm³/mol. The third kappa shape index (κ3) is 4.31. The van der Waals surface area contributed by atoms with Gasteiger partial charge in [-0.3, -0.25) is 9.69 Å². The van der Waals surface area contributed by atoms with Gasteiger partial charge in [0, 0.05) is 43.6 Å². The van der Waals surface area contributed by atoms with Crippen LogP contribution in [-0.2, 0) is 4.79 Å². The van der Waals surface area contributed by atoms with Crippen molar-refractivity contribution in [2.24, 2.45) is 0 Å². The van der Waals surface area contributed by atoms with E-state index in [-0.39, 0.29) is 11.9 Å². The van der Waals surface area contributed by atoms with Gasteiger partial charge in [0.25, 0.3) is 0 Å². The molecule has 1 atom stereocenters. The summed E-state index contributed by atoms with van der Waals surface area (Å²) < 4.78 is 5.30. The molecule has 1 fully saturated rings.